The molecule has 1 heterocycles. The van der Waals surface area contributed by atoms with Crippen molar-refractivity contribution in [2.75, 3.05) is 12.3 Å². The van der Waals surface area contributed by atoms with E-state index in [1.165, 1.54) is 17.5 Å². The van der Waals surface area contributed by atoms with Gasteiger partial charge in [-0.05, 0) is 25.5 Å². The fourth-order valence-corrected chi connectivity index (χ4v) is 2.68. The van der Waals surface area contributed by atoms with Crippen molar-refractivity contribution < 1.29 is 4.79 Å². The topological polar surface area (TPSA) is 70.7 Å². The first kappa shape index (κ1) is 14.6. The number of H-pyrrole nitrogens is 1. The van der Waals surface area contributed by atoms with Crippen LogP contribution in [0.25, 0.3) is 0 Å². The van der Waals surface area contributed by atoms with E-state index in [2.05, 4.69) is 52.5 Å². The zero-order valence-electron chi connectivity index (χ0n) is 11.6. The Kier molecular flexibility index (Phi) is 5.17. The first-order valence-electron chi connectivity index (χ1n) is 6.46. The minimum Gasteiger partial charge on any atom is -0.355 e. The van der Waals surface area contributed by atoms with Gasteiger partial charge in [-0.15, -0.1) is 11.8 Å². The molecule has 0 saturated heterocycles. The third-order valence-electron chi connectivity index (χ3n) is 2.85. The van der Waals surface area contributed by atoms with E-state index in [4.69, 9.17) is 0 Å². The van der Waals surface area contributed by atoms with Gasteiger partial charge in [0.15, 0.2) is 0 Å². The molecule has 1 amide bonds. The standard InChI is InChI=1S/C14H18N4OS/c1-10-3-4-11(2)12(7-10)20-8-14(19)15-6-5-13-16-9-17-18-13/h3-4,7,9H,5-6,8H2,1-2H3,(H,15,19)(H,16,17,18). The van der Waals surface area contributed by atoms with Crippen molar-refractivity contribution in [2.45, 2.75) is 25.2 Å². The van der Waals surface area contributed by atoms with Crippen LogP contribution in [0.1, 0.15) is 17.0 Å². The van der Waals surface area contributed by atoms with Gasteiger partial charge in [-0.1, -0.05) is 17.7 Å². The third-order valence-corrected chi connectivity index (χ3v) is 4.01. The maximum atomic E-state index is 11.8. The molecule has 2 rings (SSSR count). The molecule has 6 heteroatoms. The lowest BCUT2D eigenvalue weighted by molar-refractivity contribution is -0.118. The number of nitrogens with zero attached hydrogens (tertiary/aromatic N) is 2. The maximum Gasteiger partial charge on any atom is 0.230 e. The normalized spacial score (nSPS) is 10.5. The van der Waals surface area contributed by atoms with Crippen LogP contribution in [0.4, 0.5) is 0 Å². The number of carbonyl (C=O) groups excluding carboxylic acids is 1. The monoisotopic (exact) mass is 290 g/mol. The third kappa shape index (κ3) is 4.38. The molecule has 0 aliphatic carbocycles. The number of rotatable bonds is 6. The largest absolute Gasteiger partial charge is 0.355 e. The van der Waals surface area contributed by atoms with E-state index in [1.54, 1.807) is 11.8 Å². The van der Waals surface area contributed by atoms with E-state index < -0.39 is 0 Å². The predicted molar refractivity (Wildman–Crippen MR) is 79.7 cm³/mol. The summed E-state index contributed by atoms with van der Waals surface area (Å²) in [5.74, 6) is 1.25. The summed E-state index contributed by atoms with van der Waals surface area (Å²) in [4.78, 5) is 16.9. The van der Waals surface area contributed by atoms with Crippen molar-refractivity contribution in [1.82, 2.24) is 20.5 Å². The van der Waals surface area contributed by atoms with E-state index in [9.17, 15) is 4.79 Å². The van der Waals surface area contributed by atoms with Crippen LogP contribution in [0.15, 0.2) is 29.4 Å². The summed E-state index contributed by atoms with van der Waals surface area (Å²) in [6, 6.07) is 6.28. The van der Waals surface area contributed by atoms with Crippen LogP contribution in [-0.2, 0) is 11.2 Å². The minimum atomic E-state index is 0.0374. The Morgan fingerprint density at radius 1 is 1.40 bits per heavy atom. The Bertz CT molecular complexity index is 569. The van der Waals surface area contributed by atoms with Crippen LogP contribution in [0.3, 0.4) is 0 Å². The average Bonchev–Trinajstić information content (AvgIpc) is 2.93. The van der Waals surface area contributed by atoms with E-state index in [-0.39, 0.29) is 5.91 Å². The molecular formula is C14H18N4OS. The van der Waals surface area contributed by atoms with Crippen molar-refractivity contribution in [3.63, 3.8) is 0 Å². The summed E-state index contributed by atoms with van der Waals surface area (Å²) in [7, 11) is 0. The summed E-state index contributed by atoms with van der Waals surface area (Å²) in [5.41, 5.74) is 2.42. The fraction of sp³-hybridized carbons (Fsp3) is 0.357. The van der Waals surface area contributed by atoms with Gasteiger partial charge in [0.25, 0.3) is 0 Å². The van der Waals surface area contributed by atoms with Gasteiger partial charge in [0.2, 0.25) is 5.91 Å². The van der Waals surface area contributed by atoms with Gasteiger partial charge in [0.1, 0.15) is 12.2 Å². The predicted octanol–water partition coefficient (Wildman–Crippen LogP) is 1.87. The molecule has 0 spiro atoms. The molecule has 5 nitrogen and oxygen atoms in total. The van der Waals surface area contributed by atoms with Crippen molar-refractivity contribution >= 4 is 17.7 Å². The number of nitrogens with one attached hydrogen (secondary N) is 2. The SMILES string of the molecule is Cc1ccc(C)c(SCC(=O)NCCc2ncn[nH]2)c1. The number of hydrogen-bond acceptors (Lipinski definition) is 4. The first-order valence-corrected chi connectivity index (χ1v) is 7.44. The molecule has 0 fully saturated rings. The molecule has 1 aromatic carbocycles. The number of aromatic amines is 1. The minimum absolute atomic E-state index is 0.0374. The van der Waals surface area contributed by atoms with Crippen LogP contribution in [0, 0.1) is 13.8 Å². The van der Waals surface area contributed by atoms with Gasteiger partial charge in [-0.3, -0.25) is 9.89 Å². The molecular weight excluding hydrogens is 272 g/mol. The van der Waals surface area contributed by atoms with E-state index in [1.807, 2.05) is 0 Å². The molecule has 0 saturated carbocycles. The number of aryl methyl sites for hydroxylation is 2. The fourth-order valence-electron chi connectivity index (χ4n) is 1.73. The van der Waals surface area contributed by atoms with E-state index in [0.29, 0.717) is 18.7 Å². The highest BCUT2D eigenvalue weighted by atomic mass is 32.2. The number of thioether (sulfide) groups is 1. The molecule has 20 heavy (non-hydrogen) atoms. The molecule has 106 valence electrons. The van der Waals surface area contributed by atoms with Gasteiger partial charge < -0.3 is 5.32 Å². The van der Waals surface area contributed by atoms with Crippen molar-refractivity contribution in [3.8, 4) is 0 Å². The number of benzene rings is 1. The number of hydrogen-bond donors (Lipinski definition) is 2. The maximum absolute atomic E-state index is 11.8. The van der Waals surface area contributed by atoms with Crippen LogP contribution < -0.4 is 5.32 Å². The molecule has 1 aromatic heterocycles. The summed E-state index contributed by atoms with van der Waals surface area (Å²) in [5, 5.41) is 9.40. The van der Waals surface area contributed by atoms with Gasteiger partial charge in [0.05, 0.1) is 5.75 Å². The highest BCUT2D eigenvalue weighted by Crippen LogP contribution is 2.23. The summed E-state index contributed by atoms with van der Waals surface area (Å²) in [6.07, 6.45) is 2.13. The Balaban J connectivity index is 1.73. The lowest BCUT2D eigenvalue weighted by atomic mass is 10.2. The van der Waals surface area contributed by atoms with Crippen molar-refractivity contribution in [1.29, 1.82) is 0 Å². The number of amides is 1. The molecule has 2 aromatic rings. The molecule has 0 atom stereocenters. The zero-order chi connectivity index (χ0) is 14.4. The second-order valence-electron chi connectivity index (χ2n) is 4.59. The number of aromatic nitrogens is 3. The van der Waals surface area contributed by atoms with Crippen molar-refractivity contribution in [3.05, 3.63) is 41.5 Å². The molecule has 0 aliphatic heterocycles. The zero-order valence-corrected chi connectivity index (χ0v) is 12.5. The second-order valence-corrected chi connectivity index (χ2v) is 5.61. The van der Waals surface area contributed by atoms with Crippen LogP contribution in [0.2, 0.25) is 0 Å². The van der Waals surface area contributed by atoms with Crippen LogP contribution in [0.5, 0.6) is 0 Å². The Morgan fingerprint density at radius 3 is 3.00 bits per heavy atom. The summed E-state index contributed by atoms with van der Waals surface area (Å²) < 4.78 is 0. The first-order chi connectivity index (χ1) is 9.65. The van der Waals surface area contributed by atoms with Crippen LogP contribution >= 0.6 is 11.8 Å². The molecule has 0 radical (unpaired) electrons. The Morgan fingerprint density at radius 2 is 2.25 bits per heavy atom. The Hall–Kier alpha value is -1.82. The highest BCUT2D eigenvalue weighted by molar-refractivity contribution is 8.00. The molecule has 0 bridgehead atoms. The van der Waals surface area contributed by atoms with Gasteiger partial charge in [0, 0.05) is 17.9 Å². The summed E-state index contributed by atoms with van der Waals surface area (Å²) >= 11 is 1.57. The average molecular weight is 290 g/mol. The van der Waals surface area contributed by atoms with E-state index >= 15 is 0 Å². The smallest absolute Gasteiger partial charge is 0.230 e. The second kappa shape index (κ2) is 7.09. The van der Waals surface area contributed by atoms with Gasteiger partial charge >= 0.3 is 0 Å². The van der Waals surface area contributed by atoms with Gasteiger partial charge in [-0.2, -0.15) is 5.10 Å². The molecule has 0 unspecified atom stereocenters. The summed E-state index contributed by atoms with van der Waals surface area (Å²) in [6.45, 7) is 4.69. The van der Waals surface area contributed by atoms with Crippen LogP contribution in [-0.4, -0.2) is 33.4 Å². The Labute approximate surface area is 122 Å². The quantitative estimate of drug-likeness (QED) is 0.797. The highest BCUT2D eigenvalue weighted by Gasteiger charge is 2.05. The molecule has 0 aliphatic rings. The van der Waals surface area contributed by atoms with E-state index in [0.717, 1.165) is 10.7 Å². The van der Waals surface area contributed by atoms with Gasteiger partial charge in [-0.25, -0.2) is 4.98 Å². The molecule has 2 N–H and O–H groups in total. The lowest BCUT2D eigenvalue weighted by Gasteiger charge is -2.07. The number of carbonyl (C=O) groups is 1. The lowest BCUT2D eigenvalue weighted by Crippen LogP contribution is -2.27. The van der Waals surface area contributed by atoms with Crippen molar-refractivity contribution in [2.24, 2.45) is 0 Å².